The van der Waals surface area contributed by atoms with Crippen LogP contribution in [-0.2, 0) is 20.1 Å². The van der Waals surface area contributed by atoms with Gasteiger partial charge in [-0.2, -0.15) is 10.2 Å². The van der Waals surface area contributed by atoms with Gasteiger partial charge in [0.25, 0.3) is 0 Å². The molecule has 0 unspecified atom stereocenters. The van der Waals surface area contributed by atoms with E-state index in [-0.39, 0.29) is 0 Å². The number of hydrogen-bond donors (Lipinski definition) is 1. The van der Waals surface area contributed by atoms with Crippen LogP contribution in [0.4, 0.5) is 5.69 Å². The minimum Gasteiger partial charge on any atom is -0.346 e. The quantitative estimate of drug-likeness (QED) is 0.723. The van der Waals surface area contributed by atoms with Gasteiger partial charge >= 0.3 is 0 Å². The summed E-state index contributed by atoms with van der Waals surface area (Å²) in [5.74, 6) is 0. The second kappa shape index (κ2) is 7.27. The predicted octanol–water partition coefficient (Wildman–Crippen LogP) is 2.49. The molecule has 0 radical (unpaired) electrons. The summed E-state index contributed by atoms with van der Waals surface area (Å²) < 4.78 is 3.67. The van der Waals surface area contributed by atoms with Crippen molar-refractivity contribution in [3.8, 4) is 0 Å². The lowest BCUT2D eigenvalue weighted by Gasteiger charge is -2.19. The Morgan fingerprint density at radius 3 is 2.75 bits per heavy atom. The molecule has 6 nitrogen and oxygen atoms in total. The smallest absolute Gasteiger partial charge is 0.173 e. The number of aromatic nitrogens is 4. The van der Waals surface area contributed by atoms with Crippen LogP contribution in [0.25, 0.3) is 0 Å². The fourth-order valence-electron chi connectivity index (χ4n) is 2.37. The molecule has 0 aliphatic rings. The van der Waals surface area contributed by atoms with E-state index in [1.165, 1.54) is 5.56 Å². The van der Waals surface area contributed by atoms with E-state index in [0.29, 0.717) is 11.7 Å². The summed E-state index contributed by atoms with van der Waals surface area (Å²) in [4.78, 5) is 1.95. The molecule has 0 amide bonds. The first-order valence-electron chi connectivity index (χ1n) is 7.67. The highest BCUT2D eigenvalue weighted by molar-refractivity contribution is 7.80. The molecule has 0 atom stereocenters. The van der Waals surface area contributed by atoms with Crippen molar-refractivity contribution >= 4 is 23.0 Å². The average molecular weight is 340 g/mol. The van der Waals surface area contributed by atoms with Gasteiger partial charge in [0, 0.05) is 26.5 Å². The van der Waals surface area contributed by atoms with Gasteiger partial charge in [-0.25, -0.2) is 0 Å². The van der Waals surface area contributed by atoms with Crippen LogP contribution in [0.5, 0.6) is 0 Å². The largest absolute Gasteiger partial charge is 0.346 e. The van der Waals surface area contributed by atoms with Gasteiger partial charge in [-0.1, -0.05) is 30.3 Å². The Morgan fingerprint density at radius 1 is 1.25 bits per heavy atom. The van der Waals surface area contributed by atoms with E-state index in [0.717, 1.165) is 17.9 Å². The maximum Gasteiger partial charge on any atom is 0.173 e. The summed E-state index contributed by atoms with van der Waals surface area (Å²) in [6.45, 7) is 1.39. The molecule has 0 fully saturated rings. The highest BCUT2D eigenvalue weighted by atomic mass is 32.1. The van der Waals surface area contributed by atoms with Gasteiger partial charge in [-0.3, -0.25) is 9.36 Å². The topological polar surface area (TPSA) is 50.9 Å². The van der Waals surface area contributed by atoms with Crippen molar-refractivity contribution in [2.75, 3.05) is 12.4 Å². The maximum atomic E-state index is 5.45. The maximum absolute atomic E-state index is 5.45. The van der Waals surface area contributed by atoms with Crippen molar-refractivity contribution in [2.45, 2.75) is 13.1 Å². The minimum absolute atomic E-state index is 0.639. The molecule has 1 aromatic carbocycles. The third-order valence-corrected chi connectivity index (χ3v) is 4.00. The molecule has 0 aliphatic heterocycles. The number of benzene rings is 1. The van der Waals surface area contributed by atoms with Gasteiger partial charge < -0.3 is 10.2 Å². The van der Waals surface area contributed by atoms with E-state index in [2.05, 4.69) is 27.6 Å². The molecule has 1 N–H and O–H groups in total. The van der Waals surface area contributed by atoms with Crippen LogP contribution in [0.2, 0.25) is 0 Å². The monoisotopic (exact) mass is 340 g/mol. The van der Waals surface area contributed by atoms with E-state index >= 15 is 0 Å². The lowest BCUT2D eigenvalue weighted by Crippen LogP contribution is -2.30. The highest BCUT2D eigenvalue weighted by Gasteiger charge is 2.08. The van der Waals surface area contributed by atoms with Crippen molar-refractivity contribution < 1.29 is 0 Å². The van der Waals surface area contributed by atoms with E-state index < -0.39 is 0 Å². The number of nitrogens with zero attached hydrogens (tertiary/aromatic N) is 5. The molecule has 24 heavy (non-hydrogen) atoms. The third kappa shape index (κ3) is 4.20. The van der Waals surface area contributed by atoms with Crippen LogP contribution in [0.1, 0.15) is 11.3 Å². The van der Waals surface area contributed by atoms with Gasteiger partial charge in [0.15, 0.2) is 5.11 Å². The summed E-state index contributed by atoms with van der Waals surface area (Å²) in [6.07, 6.45) is 5.66. The molecule has 0 aliphatic carbocycles. The van der Waals surface area contributed by atoms with Gasteiger partial charge in [-0.05, 0) is 23.8 Å². The fraction of sp³-hybridized carbons (Fsp3) is 0.235. The highest BCUT2D eigenvalue weighted by Crippen LogP contribution is 2.10. The van der Waals surface area contributed by atoms with Crippen LogP contribution in [0.15, 0.2) is 55.0 Å². The molecule has 124 valence electrons. The molecule has 0 saturated carbocycles. The van der Waals surface area contributed by atoms with Gasteiger partial charge in [0.05, 0.1) is 30.7 Å². The molecule has 0 bridgehead atoms. The van der Waals surface area contributed by atoms with Crippen molar-refractivity contribution in [1.29, 1.82) is 0 Å². The van der Waals surface area contributed by atoms with E-state index in [4.69, 9.17) is 12.2 Å². The number of anilines is 1. The normalized spacial score (nSPS) is 10.6. The summed E-state index contributed by atoms with van der Waals surface area (Å²) in [5.41, 5.74) is 3.06. The van der Waals surface area contributed by atoms with Crippen LogP contribution in [-0.4, -0.2) is 36.6 Å². The Morgan fingerprint density at radius 2 is 2.04 bits per heavy atom. The molecular formula is C17H20N6S. The Labute approximate surface area is 146 Å². The van der Waals surface area contributed by atoms with Crippen LogP contribution >= 0.6 is 12.2 Å². The first-order valence-corrected chi connectivity index (χ1v) is 8.08. The molecule has 7 heteroatoms. The fourth-order valence-corrected chi connectivity index (χ4v) is 2.55. The number of rotatable bonds is 5. The minimum atomic E-state index is 0.639. The van der Waals surface area contributed by atoms with Crippen LogP contribution < -0.4 is 5.32 Å². The summed E-state index contributed by atoms with van der Waals surface area (Å²) >= 11 is 5.45. The van der Waals surface area contributed by atoms with Crippen molar-refractivity contribution in [2.24, 2.45) is 7.05 Å². The predicted molar refractivity (Wildman–Crippen MR) is 98.7 cm³/mol. The number of hydrogen-bond acceptors (Lipinski definition) is 3. The SMILES string of the molecule is CN(Cc1ccn(C)n1)C(=S)Nc1cnn(Cc2ccccc2)c1. The first kappa shape index (κ1) is 16.2. The summed E-state index contributed by atoms with van der Waals surface area (Å²) in [6, 6.07) is 12.2. The zero-order chi connectivity index (χ0) is 16.9. The lowest BCUT2D eigenvalue weighted by atomic mass is 10.2. The Bertz CT molecular complexity index is 807. The van der Waals surface area contributed by atoms with Gasteiger partial charge in [0.2, 0.25) is 0 Å². The second-order valence-electron chi connectivity index (χ2n) is 5.68. The molecule has 2 aromatic heterocycles. The van der Waals surface area contributed by atoms with Gasteiger partial charge in [0.1, 0.15) is 0 Å². The van der Waals surface area contributed by atoms with Crippen LogP contribution in [0.3, 0.4) is 0 Å². The van der Waals surface area contributed by atoms with Crippen molar-refractivity contribution in [3.05, 3.63) is 66.2 Å². The Balaban J connectivity index is 1.56. The lowest BCUT2D eigenvalue weighted by molar-refractivity contribution is 0.495. The zero-order valence-electron chi connectivity index (χ0n) is 13.8. The second-order valence-corrected chi connectivity index (χ2v) is 6.07. The third-order valence-electron chi connectivity index (χ3n) is 3.59. The number of thiocarbonyl (C=S) groups is 1. The standard InChI is InChI=1S/C17H20N6S/c1-21(12-15-8-9-22(2)20-15)17(24)19-16-10-18-23(13-16)11-14-6-4-3-5-7-14/h3-10,13H,11-12H2,1-2H3,(H,19,24). The van der Waals surface area contributed by atoms with Crippen molar-refractivity contribution in [3.63, 3.8) is 0 Å². The van der Waals surface area contributed by atoms with E-state index in [1.54, 1.807) is 10.9 Å². The van der Waals surface area contributed by atoms with Crippen LogP contribution in [0, 0.1) is 0 Å². The molecule has 2 heterocycles. The summed E-state index contributed by atoms with van der Waals surface area (Å²) in [7, 11) is 3.85. The molecule has 3 rings (SSSR count). The van der Waals surface area contributed by atoms with E-state index in [1.807, 2.05) is 60.3 Å². The molecule has 0 saturated heterocycles. The van der Waals surface area contributed by atoms with E-state index in [9.17, 15) is 0 Å². The first-order chi connectivity index (χ1) is 11.6. The molecular weight excluding hydrogens is 320 g/mol. The summed E-state index contributed by atoms with van der Waals surface area (Å²) in [5, 5.41) is 12.6. The zero-order valence-corrected chi connectivity index (χ0v) is 14.6. The number of nitrogens with one attached hydrogen (secondary N) is 1. The Kier molecular flexibility index (Phi) is 4.90. The number of aryl methyl sites for hydroxylation is 1. The van der Waals surface area contributed by atoms with Crippen molar-refractivity contribution in [1.82, 2.24) is 24.5 Å². The van der Waals surface area contributed by atoms with Gasteiger partial charge in [-0.15, -0.1) is 0 Å². The molecule has 0 spiro atoms. The Hall–Kier alpha value is -2.67. The average Bonchev–Trinajstić information content (AvgIpc) is 3.17. The molecule has 3 aromatic rings.